The van der Waals surface area contributed by atoms with Crippen molar-refractivity contribution in [2.24, 2.45) is 11.8 Å². The zero-order valence-corrected chi connectivity index (χ0v) is 15.5. The van der Waals surface area contributed by atoms with Crippen molar-refractivity contribution in [2.45, 2.75) is 58.5 Å². The molecule has 1 aliphatic heterocycles. The molecule has 0 spiro atoms. The summed E-state index contributed by atoms with van der Waals surface area (Å²) in [7, 11) is 0. The van der Waals surface area contributed by atoms with E-state index in [1.807, 2.05) is 32.0 Å². The Morgan fingerprint density at radius 3 is 2.58 bits per heavy atom. The third-order valence-electron chi connectivity index (χ3n) is 5.13. The predicted octanol–water partition coefficient (Wildman–Crippen LogP) is 2.75. The van der Waals surface area contributed by atoms with E-state index in [2.05, 4.69) is 10.6 Å². The van der Waals surface area contributed by atoms with Crippen LogP contribution in [0.2, 0.25) is 0 Å². The van der Waals surface area contributed by atoms with Gasteiger partial charge in [-0.3, -0.25) is 9.59 Å². The maximum Gasteiger partial charge on any atom is 0.243 e. The van der Waals surface area contributed by atoms with E-state index in [0.29, 0.717) is 12.3 Å². The first-order valence-corrected chi connectivity index (χ1v) is 9.51. The Hall–Kier alpha value is -2.24. The van der Waals surface area contributed by atoms with Crippen LogP contribution < -0.4 is 20.1 Å². The third kappa shape index (κ3) is 4.48. The van der Waals surface area contributed by atoms with Crippen LogP contribution in [0.1, 0.15) is 51.5 Å². The lowest BCUT2D eigenvalue weighted by Gasteiger charge is -2.26. The molecule has 0 aromatic heterocycles. The summed E-state index contributed by atoms with van der Waals surface area (Å²) in [4.78, 5) is 25.1. The van der Waals surface area contributed by atoms with E-state index >= 15 is 0 Å². The van der Waals surface area contributed by atoms with E-state index in [4.69, 9.17) is 9.47 Å². The minimum absolute atomic E-state index is 0.0154. The van der Waals surface area contributed by atoms with Crippen LogP contribution in [0.4, 0.5) is 0 Å². The van der Waals surface area contributed by atoms with Crippen LogP contribution in [-0.2, 0) is 16.1 Å². The van der Waals surface area contributed by atoms with Gasteiger partial charge in [-0.15, -0.1) is 0 Å². The molecule has 0 radical (unpaired) electrons. The lowest BCUT2D eigenvalue weighted by molar-refractivity contribution is -0.132. The molecule has 142 valence electrons. The minimum atomic E-state index is -0.515. The molecule has 0 bridgehead atoms. The van der Waals surface area contributed by atoms with Gasteiger partial charge in [-0.1, -0.05) is 39.2 Å². The topological polar surface area (TPSA) is 76.7 Å². The summed E-state index contributed by atoms with van der Waals surface area (Å²) in [5.41, 5.74) is 0.934. The van der Waals surface area contributed by atoms with Crippen molar-refractivity contribution in [1.82, 2.24) is 10.6 Å². The van der Waals surface area contributed by atoms with Gasteiger partial charge in [0.2, 0.25) is 18.6 Å². The molecule has 6 nitrogen and oxygen atoms in total. The number of rotatable bonds is 6. The van der Waals surface area contributed by atoms with Crippen molar-refractivity contribution in [3.63, 3.8) is 0 Å². The summed E-state index contributed by atoms with van der Waals surface area (Å²) in [5.74, 6) is 1.36. The molecule has 1 heterocycles. The van der Waals surface area contributed by atoms with Gasteiger partial charge in [0.1, 0.15) is 6.04 Å². The number of ether oxygens (including phenoxy) is 2. The van der Waals surface area contributed by atoms with E-state index in [-0.39, 0.29) is 30.4 Å². The molecule has 3 rings (SSSR count). The number of hydrogen-bond donors (Lipinski definition) is 2. The van der Waals surface area contributed by atoms with Crippen molar-refractivity contribution in [3.05, 3.63) is 23.8 Å². The fourth-order valence-electron chi connectivity index (χ4n) is 3.52. The normalized spacial score (nSPS) is 17.8. The number of nitrogens with one attached hydrogen (secondary N) is 2. The van der Waals surface area contributed by atoms with Crippen molar-refractivity contribution < 1.29 is 19.1 Å². The van der Waals surface area contributed by atoms with Gasteiger partial charge in [-0.2, -0.15) is 0 Å². The molecular weight excluding hydrogens is 332 g/mol. The Morgan fingerprint density at radius 2 is 1.85 bits per heavy atom. The highest BCUT2D eigenvalue weighted by molar-refractivity contribution is 5.88. The first-order valence-electron chi connectivity index (χ1n) is 9.51. The molecule has 1 aliphatic carbocycles. The molecular formula is C20H28N2O4. The zero-order chi connectivity index (χ0) is 18.5. The molecule has 1 saturated carbocycles. The Bertz CT molecular complexity index is 653. The van der Waals surface area contributed by atoms with Gasteiger partial charge >= 0.3 is 0 Å². The Labute approximate surface area is 154 Å². The quantitative estimate of drug-likeness (QED) is 0.818. The smallest absolute Gasteiger partial charge is 0.243 e. The van der Waals surface area contributed by atoms with Crippen LogP contribution in [0.15, 0.2) is 18.2 Å². The number of carbonyl (C=O) groups is 2. The highest BCUT2D eigenvalue weighted by atomic mass is 16.7. The second-order valence-electron chi connectivity index (χ2n) is 7.47. The largest absolute Gasteiger partial charge is 0.454 e. The summed E-state index contributed by atoms with van der Waals surface area (Å²) in [6.07, 6.45) is 5.25. The van der Waals surface area contributed by atoms with E-state index < -0.39 is 6.04 Å². The van der Waals surface area contributed by atoms with Crippen LogP contribution in [0.3, 0.4) is 0 Å². The van der Waals surface area contributed by atoms with Gasteiger partial charge < -0.3 is 20.1 Å². The summed E-state index contributed by atoms with van der Waals surface area (Å²) < 4.78 is 10.7. The predicted molar refractivity (Wildman–Crippen MR) is 97.8 cm³/mol. The summed E-state index contributed by atoms with van der Waals surface area (Å²) >= 11 is 0. The minimum Gasteiger partial charge on any atom is -0.454 e. The number of carbonyl (C=O) groups excluding carboxylic acids is 2. The summed E-state index contributed by atoms with van der Waals surface area (Å²) in [6.45, 7) is 4.52. The standard InChI is InChI=1S/C20H28N2O4/c1-13(2)18(22-19(23)15-6-4-3-5-7-15)20(24)21-11-14-8-9-16-17(10-14)26-12-25-16/h8-10,13,15,18H,3-7,11-12H2,1-2H3,(H,21,24)(H,22,23)/t18-/m1/s1. The number of amides is 2. The first-order chi connectivity index (χ1) is 12.5. The lowest BCUT2D eigenvalue weighted by Crippen LogP contribution is -2.51. The van der Waals surface area contributed by atoms with Crippen molar-refractivity contribution in [3.8, 4) is 11.5 Å². The molecule has 0 unspecified atom stereocenters. The molecule has 2 N–H and O–H groups in total. The number of fused-ring (bicyclic) bond motifs is 1. The fraction of sp³-hybridized carbons (Fsp3) is 0.600. The third-order valence-corrected chi connectivity index (χ3v) is 5.13. The monoisotopic (exact) mass is 360 g/mol. The molecule has 1 aromatic carbocycles. The van der Waals surface area contributed by atoms with Gasteiger partial charge in [0.25, 0.3) is 0 Å². The zero-order valence-electron chi connectivity index (χ0n) is 15.5. The van der Waals surface area contributed by atoms with Gasteiger partial charge in [-0.05, 0) is 36.5 Å². The number of hydrogen-bond acceptors (Lipinski definition) is 4. The molecule has 1 aromatic rings. The molecule has 2 amide bonds. The van der Waals surface area contributed by atoms with E-state index in [9.17, 15) is 9.59 Å². The second-order valence-corrected chi connectivity index (χ2v) is 7.47. The van der Waals surface area contributed by atoms with Crippen molar-refractivity contribution >= 4 is 11.8 Å². The van der Waals surface area contributed by atoms with Gasteiger partial charge in [0, 0.05) is 12.5 Å². The molecule has 0 saturated heterocycles. The molecule has 1 atom stereocenters. The van der Waals surface area contributed by atoms with Gasteiger partial charge in [0.15, 0.2) is 11.5 Å². The van der Waals surface area contributed by atoms with E-state index in [0.717, 1.165) is 37.0 Å². The van der Waals surface area contributed by atoms with Gasteiger partial charge in [-0.25, -0.2) is 0 Å². The second kappa shape index (κ2) is 8.43. The van der Waals surface area contributed by atoms with Crippen molar-refractivity contribution in [1.29, 1.82) is 0 Å². The maximum atomic E-state index is 12.6. The Kier molecular flexibility index (Phi) is 6.01. The van der Waals surface area contributed by atoms with Crippen LogP contribution in [-0.4, -0.2) is 24.6 Å². The van der Waals surface area contributed by atoms with Crippen LogP contribution in [0.25, 0.3) is 0 Å². The van der Waals surface area contributed by atoms with E-state index in [1.54, 1.807) is 0 Å². The van der Waals surface area contributed by atoms with Crippen LogP contribution in [0, 0.1) is 11.8 Å². The lowest BCUT2D eigenvalue weighted by atomic mass is 9.88. The average molecular weight is 360 g/mol. The SMILES string of the molecule is CC(C)[C@@H](NC(=O)C1CCCCC1)C(=O)NCc1ccc2c(c1)OCO2. The van der Waals surface area contributed by atoms with Crippen LogP contribution in [0.5, 0.6) is 11.5 Å². The molecule has 6 heteroatoms. The first kappa shape index (κ1) is 18.5. The van der Waals surface area contributed by atoms with Crippen LogP contribution >= 0.6 is 0 Å². The highest BCUT2D eigenvalue weighted by Crippen LogP contribution is 2.32. The molecule has 2 aliphatic rings. The Balaban J connectivity index is 1.55. The molecule has 26 heavy (non-hydrogen) atoms. The summed E-state index contributed by atoms with van der Waals surface area (Å²) in [6, 6.07) is 5.10. The van der Waals surface area contributed by atoms with E-state index in [1.165, 1.54) is 6.42 Å². The average Bonchev–Trinajstić information content (AvgIpc) is 3.12. The Morgan fingerprint density at radius 1 is 1.12 bits per heavy atom. The maximum absolute atomic E-state index is 12.6. The fourth-order valence-corrected chi connectivity index (χ4v) is 3.52. The summed E-state index contributed by atoms with van der Waals surface area (Å²) in [5, 5.41) is 5.90. The highest BCUT2D eigenvalue weighted by Gasteiger charge is 2.28. The van der Waals surface area contributed by atoms with Gasteiger partial charge in [0.05, 0.1) is 0 Å². The number of benzene rings is 1. The van der Waals surface area contributed by atoms with Crippen molar-refractivity contribution in [2.75, 3.05) is 6.79 Å². The molecule has 1 fully saturated rings.